The van der Waals surface area contributed by atoms with Crippen molar-refractivity contribution in [3.05, 3.63) is 60.2 Å². The van der Waals surface area contributed by atoms with Crippen molar-refractivity contribution in [2.75, 3.05) is 19.6 Å². The van der Waals surface area contributed by atoms with Crippen LogP contribution in [0.5, 0.6) is 0 Å². The van der Waals surface area contributed by atoms with E-state index in [1.54, 1.807) is 31.3 Å². The van der Waals surface area contributed by atoms with Crippen molar-refractivity contribution in [2.45, 2.75) is 11.3 Å². The highest BCUT2D eigenvalue weighted by atomic mass is 32.2. The third-order valence-corrected chi connectivity index (χ3v) is 6.12. The SMILES string of the molecule is Cn1nnnc1-c1cccc(S(=O)(=O)N(CCN)CCc2ccccc2)c1. The summed E-state index contributed by atoms with van der Waals surface area (Å²) in [6.07, 6.45) is 0.618. The number of benzene rings is 2. The highest BCUT2D eigenvalue weighted by Crippen LogP contribution is 2.22. The molecular weight excluding hydrogens is 364 g/mol. The molecule has 9 heteroatoms. The maximum absolute atomic E-state index is 13.2. The van der Waals surface area contributed by atoms with Gasteiger partial charge in [0.25, 0.3) is 0 Å². The fourth-order valence-electron chi connectivity index (χ4n) is 2.81. The standard InChI is InChI=1S/C18H22N6O2S/c1-23-18(20-21-22-23)16-8-5-9-17(14-16)27(25,26)24(13-11-19)12-10-15-6-3-2-4-7-15/h2-9,14H,10-13,19H2,1H3. The Kier molecular flexibility index (Phi) is 5.94. The summed E-state index contributed by atoms with van der Waals surface area (Å²) in [6, 6.07) is 16.4. The molecule has 27 heavy (non-hydrogen) atoms. The van der Waals surface area contributed by atoms with Crippen LogP contribution in [0.1, 0.15) is 5.56 Å². The maximum atomic E-state index is 13.2. The molecule has 2 aromatic carbocycles. The first-order valence-electron chi connectivity index (χ1n) is 8.59. The molecule has 0 spiro atoms. The average molecular weight is 386 g/mol. The van der Waals surface area contributed by atoms with Crippen molar-refractivity contribution < 1.29 is 8.42 Å². The molecule has 1 heterocycles. The Morgan fingerprint density at radius 3 is 2.52 bits per heavy atom. The normalized spacial score (nSPS) is 11.8. The van der Waals surface area contributed by atoms with Crippen molar-refractivity contribution in [2.24, 2.45) is 12.8 Å². The summed E-state index contributed by atoms with van der Waals surface area (Å²) in [7, 11) is -1.98. The number of aromatic nitrogens is 4. The Morgan fingerprint density at radius 1 is 1.07 bits per heavy atom. The second kappa shape index (κ2) is 8.38. The van der Waals surface area contributed by atoms with Gasteiger partial charge in [0.1, 0.15) is 0 Å². The predicted octanol–water partition coefficient (Wildman–Crippen LogP) is 1.07. The molecule has 3 rings (SSSR count). The molecule has 0 saturated carbocycles. The van der Waals surface area contributed by atoms with E-state index in [9.17, 15) is 8.42 Å². The first-order valence-corrected chi connectivity index (χ1v) is 10.0. The smallest absolute Gasteiger partial charge is 0.243 e. The van der Waals surface area contributed by atoms with Gasteiger partial charge >= 0.3 is 0 Å². The zero-order chi connectivity index (χ0) is 19.3. The summed E-state index contributed by atoms with van der Waals surface area (Å²) in [5, 5.41) is 11.3. The van der Waals surface area contributed by atoms with E-state index in [2.05, 4.69) is 15.5 Å². The number of sulfonamides is 1. The van der Waals surface area contributed by atoms with E-state index in [1.165, 1.54) is 8.99 Å². The lowest BCUT2D eigenvalue weighted by Gasteiger charge is -2.22. The van der Waals surface area contributed by atoms with E-state index >= 15 is 0 Å². The summed E-state index contributed by atoms with van der Waals surface area (Å²) in [5.41, 5.74) is 7.38. The molecular formula is C18H22N6O2S. The minimum Gasteiger partial charge on any atom is -0.329 e. The van der Waals surface area contributed by atoms with E-state index in [0.29, 0.717) is 24.4 Å². The van der Waals surface area contributed by atoms with Crippen LogP contribution in [0.2, 0.25) is 0 Å². The molecule has 0 saturated heterocycles. The van der Waals surface area contributed by atoms with Crippen LogP contribution >= 0.6 is 0 Å². The Bertz CT molecular complexity index is 988. The van der Waals surface area contributed by atoms with Gasteiger partial charge < -0.3 is 5.73 Å². The van der Waals surface area contributed by atoms with Crippen LogP contribution in [0.3, 0.4) is 0 Å². The zero-order valence-corrected chi connectivity index (χ0v) is 15.9. The van der Waals surface area contributed by atoms with Crippen molar-refractivity contribution in [3.8, 4) is 11.4 Å². The summed E-state index contributed by atoms with van der Waals surface area (Å²) in [5.74, 6) is 0.502. The zero-order valence-electron chi connectivity index (χ0n) is 15.1. The molecule has 0 bridgehead atoms. The number of aryl methyl sites for hydroxylation is 1. The second-order valence-electron chi connectivity index (χ2n) is 6.08. The minimum absolute atomic E-state index is 0.199. The molecule has 1 aromatic heterocycles. The third-order valence-electron chi connectivity index (χ3n) is 4.22. The van der Waals surface area contributed by atoms with Gasteiger partial charge in [-0.2, -0.15) is 4.31 Å². The Labute approximate surface area is 158 Å². The average Bonchev–Trinajstić information content (AvgIpc) is 3.12. The first-order chi connectivity index (χ1) is 13.0. The fourth-order valence-corrected chi connectivity index (χ4v) is 4.32. The van der Waals surface area contributed by atoms with Gasteiger partial charge in [-0.05, 0) is 34.5 Å². The highest BCUT2D eigenvalue weighted by molar-refractivity contribution is 7.89. The topological polar surface area (TPSA) is 107 Å². The van der Waals surface area contributed by atoms with Crippen molar-refractivity contribution in [1.29, 1.82) is 0 Å². The molecule has 142 valence electrons. The Hall–Kier alpha value is -2.62. The number of hydrogen-bond acceptors (Lipinski definition) is 6. The third kappa shape index (κ3) is 4.38. The van der Waals surface area contributed by atoms with Crippen LogP contribution in [0.4, 0.5) is 0 Å². The highest BCUT2D eigenvalue weighted by Gasteiger charge is 2.24. The van der Waals surface area contributed by atoms with Gasteiger partial charge in [0.2, 0.25) is 10.0 Å². The molecule has 0 amide bonds. The molecule has 0 aliphatic carbocycles. The van der Waals surface area contributed by atoms with Crippen molar-refractivity contribution in [1.82, 2.24) is 24.5 Å². The van der Waals surface area contributed by atoms with Crippen LogP contribution in [-0.4, -0.2) is 52.6 Å². The molecule has 0 aliphatic rings. The van der Waals surface area contributed by atoms with Gasteiger partial charge in [-0.3, -0.25) is 0 Å². The second-order valence-corrected chi connectivity index (χ2v) is 8.02. The fraction of sp³-hybridized carbons (Fsp3) is 0.278. The lowest BCUT2D eigenvalue weighted by Crippen LogP contribution is -2.37. The van der Waals surface area contributed by atoms with E-state index < -0.39 is 10.0 Å². The lowest BCUT2D eigenvalue weighted by atomic mass is 10.1. The molecule has 0 atom stereocenters. The van der Waals surface area contributed by atoms with Gasteiger partial charge in [-0.1, -0.05) is 42.5 Å². The van der Waals surface area contributed by atoms with E-state index in [1.807, 2.05) is 30.3 Å². The van der Waals surface area contributed by atoms with Gasteiger partial charge in [0.15, 0.2) is 5.82 Å². The monoisotopic (exact) mass is 386 g/mol. The molecule has 0 radical (unpaired) electrons. The first kappa shape index (κ1) is 19.2. The summed E-state index contributed by atoms with van der Waals surface area (Å²) >= 11 is 0. The van der Waals surface area contributed by atoms with Gasteiger partial charge in [0, 0.05) is 32.2 Å². The summed E-state index contributed by atoms with van der Waals surface area (Å²) in [6.45, 7) is 0.866. The predicted molar refractivity (Wildman–Crippen MR) is 102 cm³/mol. The molecule has 0 fully saturated rings. The molecule has 0 unspecified atom stereocenters. The van der Waals surface area contributed by atoms with Crippen molar-refractivity contribution >= 4 is 10.0 Å². The molecule has 3 aromatic rings. The minimum atomic E-state index is -3.68. The van der Waals surface area contributed by atoms with Gasteiger partial charge in [-0.25, -0.2) is 13.1 Å². The molecule has 0 aliphatic heterocycles. The van der Waals surface area contributed by atoms with Crippen LogP contribution in [0, 0.1) is 0 Å². The van der Waals surface area contributed by atoms with E-state index in [-0.39, 0.29) is 18.0 Å². The number of hydrogen-bond donors (Lipinski definition) is 1. The number of nitrogens with two attached hydrogens (primary N) is 1. The summed E-state index contributed by atoms with van der Waals surface area (Å²) in [4.78, 5) is 0.199. The Morgan fingerprint density at radius 2 is 1.85 bits per heavy atom. The lowest BCUT2D eigenvalue weighted by molar-refractivity contribution is 0.421. The Balaban J connectivity index is 1.87. The van der Waals surface area contributed by atoms with Crippen LogP contribution in [0.15, 0.2) is 59.5 Å². The maximum Gasteiger partial charge on any atom is 0.243 e. The van der Waals surface area contributed by atoms with Crippen LogP contribution in [-0.2, 0) is 23.5 Å². The summed E-state index contributed by atoms with van der Waals surface area (Å²) < 4.78 is 29.2. The molecule has 8 nitrogen and oxygen atoms in total. The number of nitrogens with zero attached hydrogens (tertiary/aromatic N) is 5. The number of rotatable bonds is 8. The van der Waals surface area contributed by atoms with Crippen LogP contribution < -0.4 is 5.73 Å². The quantitative estimate of drug-likeness (QED) is 0.620. The van der Waals surface area contributed by atoms with Crippen molar-refractivity contribution in [3.63, 3.8) is 0 Å². The number of tetrazole rings is 1. The van der Waals surface area contributed by atoms with Gasteiger partial charge in [-0.15, -0.1) is 5.10 Å². The molecule has 2 N–H and O–H groups in total. The van der Waals surface area contributed by atoms with Crippen LogP contribution in [0.25, 0.3) is 11.4 Å². The largest absolute Gasteiger partial charge is 0.329 e. The van der Waals surface area contributed by atoms with Gasteiger partial charge in [0.05, 0.1) is 4.90 Å². The van der Waals surface area contributed by atoms with E-state index in [4.69, 9.17) is 5.73 Å². The van der Waals surface area contributed by atoms with E-state index in [0.717, 1.165) is 5.56 Å².